The standard InChI is InChI=1S/C24H32N4O2/c1-26-14-16-27(17-15-26)22-19-28(23(29)10-9-20-6-5-12-25-18-20)13-11-24(22,30)21-7-3-2-4-8-21/h2-8,12,18,22,30H,9-11,13-17,19H2,1H3/t22-,24+/m1/s1. The number of aryl methyl sites for hydroxylation is 1. The molecule has 2 saturated heterocycles. The molecule has 2 fully saturated rings. The molecule has 30 heavy (non-hydrogen) atoms. The average Bonchev–Trinajstić information content (AvgIpc) is 2.80. The zero-order chi connectivity index (χ0) is 21.0. The molecule has 1 N–H and O–H groups in total. The lowest BCUT2D eigenvalue weighted by molar-refractivity contribution is -0.145. The van der Waals surface area contributed by atoms with Crippen molar-refractivity contribution in [1.29, 1.82) is 0 Å². The molecule has 2 aliphatic rings. The molecule has 2 atom stereocenters. The molecule has 160 valence electrons. The Morgan fingerprint density at radius 2 is 1.87 bits per heavy atom. The number of aliphatic hydroxyl groups is 1. The second-order valence-electron chi connectivity index (χ2n) is 8.60. The Balaban J connectivity index is 1.49. The van der Waals surface area contributed by atoms with Gasteiger partial charge in [0.1, 0.15) is 5.60 Å². The number of likely N-dealkylation sites (N-methyl/N-ethyl adjacent to an activating group) is 1. The van der Waals surface area contributed by atoms with E-state index in [2.05, 4.69) is 21.8 Å². The molecule has 0 unspecified atom stereocenters. The third kappa shape index (κ3) is 4.56. The number of rotatable bonds is 5. The molecule has 1 aromatic carbocycles. The molecule has 1 amide bonds. The van der Waals surface area contributed by atoms with E-state index in [-0.39, 0.29) is 11.9 Å². The fourth-order valence-corrected chi connectivity index (χ4v) is 4.72. The molecule has 2 aliphatic heterocycles. The number of pyridine rings is 1. The monoisotopic (exact) mass is 408 g/mol. The first-order chi connectivity index (χ1) is 14.6. The number of hydrogen-bond acceptors (Lipinski definition) is 5. The van der Waals surface area contributed by atoms with Gasteiger partial charge in [-0.2, -0.15) is 0 Å². The van der Waals surface area contributed by atoms with Crippen molar-refractivity contribution in [2.24, 2.45) is 0 Å². The number of piperazine rings is 1. The van der Waals surface area contributed by atoms with E-state index in [0.717, 1.165) is 37.3 Å². The normalized spacial score (nSPS) is 25.9. The summed E-state index contributed by atoms with van der Waals surface area (Å²) in [5.41, 5.74) is 1.10. The van der Waals surface area contributed by atoms with Crippen LogP contribution in [0, 0.1) is 0 Å². The highest BCUT2D eigenvalue weighted by Crippen LogP contribution is 2.36. The minimum Gasteiger partial charge on any atom is -0.383 e. The van der Waals surface area contributed by atoms with Gasteiger partial charge in [0.15, 0.2) is 0 Å². The number of likely N-dealkylation sites (tertiary alicyclic amines) is 1. The molecule has 6 heteroatoms. The van der Waals surface area contributed by atoms with E-state index in [1.807, 2.05) is 53.6 Å². The topological polar surface area (TPSA) is 59.9 Å². The van der Waals surface area contributed by atoms with E-state index >= 15 is 0 Å². The maximum absolute atomic E-state index is 13.0. The number of aromatic nitrogens is 1. The predicted molar refractivity (Wildman–Crippen MR) is 117 cm³/mol. The van der Waals surface area contributed by atoms with Gasteiger partial charge in [-0.3, -0.25) is 14.7 Å². The van der Waals surface area contributed by atoms with Gasteiger partial charge in [-0.25, -0.2) is 0 Å². The lowest BCUT2D eigenvalue weighted by Gasteiger charge is -2.51. The summed E-state index contributed by atoms with van der Waals surface area (Å²) in [6, 6.07) is 13.8. The number of amides is 1. The number of piperidine rings is 1. The highest BCUT2D eigenvalue weighted by Gasteiger charge is 2.46. The van der Waals surface area contributed by atoms with Crippen LogP contribution in [-0.2, 0) is 16.8 Å². The molecule has 0 saturated carbocycles. The molecule has 3 heterocycles. The van der Waals surface area contributed by atoms with Crippen molar-refractivity contribution in [2.75, 3.05) is 46.3 Å². The van der Waals surface area contributed by atoms with Crippen molar-refractivity contribution >= 4 is 5.91 Å². The third-order valence-corrected chi connectivity index (χ3v) is 6.66. The highest BCUT2D eigenvalue weighted by atomic mass is 16.3. The van der Waals surface area contributed by atoms with Crippen LogP contribution in [-0.4, -0.2) is 83.1 Å². The summed E-state index contributed by atoms with van der Waals surface area (Å²) < 4.78 is 0. The number of hydrogen-bond donors (Lipinski definition) is 1. The van der Waals surface area contributed by atoms with Gasteiger partial charge in [-0.1, -0.05) is 36.4 Å². The van der Waals surface area contributed by atoms with Crippen LogP contribution in [0.15, 0.2) is 54.9 Å². The Morgan fingerprint density at radius 3 is 2.57 bits per heavy atom. The van der Waals surface area contributed by atoms with Crippen LogP contribution >= 0.6 is 0 Å². The fraction of sp³-hybridized carbons (Fsp3) is 0.500. The predicted octanol–water partition coefficient (Wildman–Crippen LogP) is 1.75. The molecule has 0 spiro atoms. The summed E-state index contributed by atoms with van der Waals surface area (Å²) in [6.45, 7) is 4.94. The van der Waals surface area contributed by atoms with Crippen LogP contribution in [0.2, 0.25) is 0 Å². The first-order valence-electron chi connectivity index (χ1n) is 10.9. The Bertz CT molecular complexity index is 824. The molecule has 4 rings (SSSR count). The van der Waals surface area contributed by atoms with E-state index in [9.17, 15) is 9.90 Å². The molecular formula is C24H32N4O2. The van der Waals surface area contributed by atoms with E-state index in [0.29, 0.717) is 32.4 Å². The minimum absolute atomic E-state index is 0.0929. The van der Waals surface area contributed by atoms with Gasteiger partial charge in [0.2, 0.25) is 5.91 Å². The molecule has 2 aromatic rings. The molecule has 0 bridgehead atoms. The molecule has 6 nitrogen and oxygen atoms in total. The van der Waals surface area contributed by atoms with Crippen LogP contribution in [0.4, 0.5) is 0 Å². The van der Waals surface area contributed by atoms with Gasteiger partial charge < -0.3 is 14.9 Å². The van der Waals surface area contributed by atoms with Crippen molar-refractivity contribution in [1.82, 2.24) is 19.7 Å². The summed E-state index contributed by atoms with van der Waals surface area (Å²) >= 11 is 0. The first kappa shape index (κ1) is 21.0. The van der Waals surface area contributed by atoms with Crippen LogP contribution in [0.25, 0.3) is 0 Å². The molecular weight excluding hydrogens is 376 g/mol. The Labute approximate surface area is 179 Å². The Kier molecular flexibility index (Phi) is 6.46. The van der Waals surface area contributed by atoms with Gasteiger partial charge in [0.25, 0.3) is 0 Å². The second-order valence-corrected chi connectivity index (χ2v) is 8.60. The number of nitrogens with zero attached hydrogens (tertiary/aromatic N) is 4. The lowest BCUT2D eigenvalue weighted by atomic mass is 9.79. The summed E-state index contributed by atoms with van der Waals surface area (Å²) in [7, 11) is 2.13. The zero-order valence-corrected chi connectivity index (χ0v) is 17.8. The smallest absolute Gasteiger partial charge is 0.222 e. The van der Waals surface area contributed by atoms with Crippen molar-refractivity contribution in [2.45, 2.75) is 30.9 Å². The van der Waals surface area contributed by atoms with E-state index in [1.165, 1.54) is 0 Å². The van der Waals surface area contributed by atoms with Crippen LogP contribution in [0.3, 0.4) is 0 Å². The summed E-state index contributed by atoms with van der Waals surface area (Å²) in [6.07, 6.45) is 5.31. The Morgan fingerprint density at radius 1 is 1.10 bits per heavy atom. The summed E-state index contributed by atoms with van der Waals surface area (Å²) in [4.78, 5) is 23.8. The molecule has 0 aliphatic carbocycles. The van der Waals surface area contributed by atoms with Crippen LogP contribution < -0.4 is 0 Å². The average molecular weight is 409 g/mol. The molecule has 0 radical (unpaired) electrons. The van der Waals surface area contributed by atoms with E-state index < -0.39 is 5.60 Å². The van der Waals surface area contributed by atoms with Gasteiger partial charge in [-0.15, -0.1) is 0 Å². The SMILES string of the molecule is CN1CCN([C@@H]2CN(C(=O)CCc3cccnc3)CC[C@]2(O)c2ccccc2)CC1. The van der Waals surface area contributed by atoms with Crippen LogP contribution in [0.5, 0.6) is 0 Å². The molecule has 1 aromatic heterocycles. The van der Waals surface area contributed by atoms with Crippen molar-refractivity contribution in [3.8, 4) is 0 Å². The second kappa shape index (κ2) is 9.25. The van der Waals surface area contributed by atoms with Gasteiger partial charge in [0, 0.05) is 58.1 Å². The minimum atomic E-state index is -0.933. The van der Waals surface area contributed by atoms with E-state index in [1.54, 1.807) is 6.20 Å². The van der Waals surface area contributed by atoms with Crippen molar-refractivity contribution < 1.29 is 9.90 Å². The number of benzene rings is 1. The van der Waals surface area contributed by atoms with Crippen LogP contribution in [0.1, 0.15) is 24.0 Å². The highest BCUT2D eigenvalue weighted by molar-refractivity contribution is 5.76. The summed E-state index contributed by atoms with van der Waals surface area (Å²) in [5.74, 6) is 0.160. The van der Waals surface area contributed by atoms with Gasteiger partial charge >= 0.3 is 0 Å². The Hall–Kier alpha value is -2.28. The quantitative estimate of drug-likeness (QED) is 0.817. The van der Waals surface area contributed by atoms with Crippen molar-refractivity contribution in [3.05, 3.63) is 66.0 Å². The van der Waals surface area contributed by atoms with Gasteiger partial charge in [-0.05, 0) is 37.1 Å². The van der Waals surface area contributed by atoms with E-state index in [4.69, 9.17) is 0 Å². The van der Waals surface area contributed by atoms with Crippen molar-refractivity contribution in [3.63, 3.8) is 0 Å². The number of carbonyl (C=O) groups is 1. The number of carbonyl (C=O) groups excluding carboxylic acids is 1. The maximum atomic E-state index is 13.0. The third-order valence-electron chi connectivity index (χ3n) is 6.66. The lowest BCUT2D eigenvalue weighted by Crippen LogP contribution is -2.64. The fourth-order valence-electron chi connectivity index (χ4n) is 4.72. The first-order valence-corrected chi connectivity index (χ1v) is 10.9. The van der Waals surface area contributed by atoms with Gasteiger partial charge in [0.05, 0.1) is 6.04 Å². The maximum Gasteiger partial charge on any atom is 0.222 e. The summed E-state index contributed by atoms with van der Waals surface area (Å²) in [5, 5.41) is 11.8. The zero-order valence-electron chi connectivity index (χ0n) is 17.8. The largest absolute Gasteiger partial charge is 0.383 e.